The summed E-state index contributed by atoms with van der Waals surface area (Å²) in [5, 5.41) is 0. The van der Waals surface area contributed by atoms with Crippen LogP contribution < -0.4 is 0 Å². The van der Waals surface area contributed by atoms with Gasteiger partial charge in [0.1, 0.15) is 0 Å². The van der Waals surface area contributed by atoms with Gasteiger partial charge < -0.3 is 4.74 Å². The first-order valence-corrected chi connectivity index (χ1v) is 3.64. The van der Waals surface area contributed by atoms with Crippen molar-refractivity contribution in [2.24, 2.45) is 0 Å². The Morgan fingerprint density at radius 2 is 2.27 bits per heavy atom. The summed E-state index contributed by atoms with van der Waals surface area (Å²) >= 11 is 0. The minimum Gasteiger partial charge on any atom is -0.463 e. The SMILES string of the molecule is C=C/C=C\CC(=O)OC(C)C. The Morgan fingerprint density at radius 3 is 2.73 bits per heavy atom. The number of allylic oxidation sites excluding steroid dienone is 2. The van der Waals surface area contributed by atoms with Crippen LogP contribution in [0.4, 0.5) is 0 Å². The first-order valence-electron chi connectivity index (χ1n) is 3.64. The summed E-state index contributed by atoms with van der Waals surface area (Å²) in [6, 6.07) is 0. The molecular weight excluding hydrogens is 140 g/mol. The molecule has 2 nitrogen and oxygen atoms in total. The predicted octanol–water partition coefficient (Wildman–Crippen LogP) is 2.07. The Labute approximate surface area is 67.6 Å². The van der Waals surface area contributed by atoms with Crippen molar-refractivity contribution in [1.29, 1.82) is 0 Å². The summed E-state index contributed by atoms with van der Waals surface area (Å²) < 4.78 is 4.87. The first-order chi connectivity index (χ1) is 5.16. The van der Waals surface area contributed by atoms with Gasteiger partial charge in [0, 0.05) is 0 Å². The molecule has 0 heterocycles. The third-order valence-corrected chi connectivity index (χ3v) is 0.924. The van der Waals surface area contributed by atoms with Crippen molar-refractivity contribution in [2.45, 2.75) is 26.4 Å². The fourth-order valence-corrected chi connectivity index (χ4v) is 0.571. The van der Waals surface area contributed by atoms with E-state index in [0.717, 1.165) is 0 Å². The van der Waals surface area contributed by atoms with Gasteiger partial charge in [0.15, 0.2) is 0 Å². The summed E-state index contributed by atoms with van der Waals surface area (Å²) in [6.07, 6.45) is 5.37. The van der Waals surface area contributed by atoms with Gasteiger partial charge in [0.05, 0.1) is 12.5 Å². The Morgan fingerprint density at radius 1 is 1.64 bits per heavy atom. The Balaban J connectivity index is 3.53. The second-order valence-electron chi connectivity index (χ2n) is 2.41. The molecule has 0 atom stereocenters. The maximum absolute atomic E-state index is 10.8. The quantitative estimate of drug-likeness (QED) is 0.457. The van der Waals surface area contributed by atoms with Crippen LogP contribution in [0.15, 0.2) is 24.8 Å². The molecule has 62 valence electrons. The summed E-state index contributed by atoms with van der Waals surface area (Å²) in [6.45, 7) is 7.14. The molecule has 0 rings (SSSR count). The number of carbonyl (C=O) groups is 1. The van der Waals surface area contributed by atoms with Crippen LogP contribution in [-0.4, -0.2) is 12.1 Å². The molecule has 0 saturated carbocycles. The average Bonchev–Trinajstić information content (AvgIpc) is 1.86. The summed E-state index contributed by atoms with van der Waals surface area (Å²) in [4.78, 5) is 10.8. The van der Waals surface area contributed by atoms with Crippen molar-refractivity contribution in [3.8, 4) is 0 Å². The van der Waals surface area contributed by atoms with E-state index in [2.05, 4.69) is 6.58 Å². The zero-order valence-corrected chi connectivity index (χ0v) is 7.04. The van der Waals surface area contributed by atoms with E-state index in [1.54, 1.807) is 18.2 Å². The zero-order valence-electron chi connectivity index (χ0n) is 7.04. The Bertz CT molecular complexity index is 157. The van der Waals surface area contributed by atoms with E-state index in [1.807, 2.05) is 13.8 Å². The lowest BCUT2D eigenvalue weighted by Gasteiger charge is -2.04. The van der Waals surface area contributed by atoms with Crippen LogP contribution in [0.5, 0.6) is 0 Å². The van der Waals surface area contributed by atoms with Crippen molar-refractivity contribution in [2.75, 3.05) is 0 Å². The zero-order chi connectivity index (χ0) is 8.69. The predicted molar refractivity (Wildman–Crippen MR) is 45.2 cm³/mol. The van der Waals surface area contributed by atoms with Crippen LogP contribution in [0, 0.1) is 0 Å². The number of carbonyl (C=O) groups excluding carboxylic acids is 1. The summed E-state index contributed by atoms with van der Waals surface area (Å²) in [5.74, 6) is -0.196. The van der Waals surface area contributed by atoms with E-state index in [0.29, 0.717) is 6.42 Å². The third-order valence-electron chi connectivity index (χ3n) is 0.924. The van der Waals surface area contributed by atoms with E-state index in [4.69, 9.17) is 4.74 Å². The highest BCUT2D eigenvalue weighted by Crippen LogP contribution is 1.93. The van der Waals surface area contributed by atoms with Crippen molar-refractivity contribution >= 4 is 5.97 Å². The van der Waals surface area contributed by atoms with Gasteiger partial charge in [0.2, 0.25) is 0 Å². The number of ether oxygens (including phenoxy) is 1. The van der Waals surface area contributed by atoms with Gasteiger partial charge in [-0.05, 0) is 13.8 Å². The summed E-state index contributed by atoms with van der Waals surface area (Å²) in [7, 11) is 0. The van der Waals surface area contributed by atoms with Crippen LogP contribution in [-0.2, 0) is 9.53 Å². The maximum atomic E-state index is 10.8. The largest absolute Gasteiger partial charge is 0.463 e. The van der Waals surface area contributed by atoms with E-state index in [9.17, 15) is 4.79 Å². The highest BCUT2D eigenvalue weighted by Gasteiger charge is 2.00. The molecule has 0 spiro atoms. The lowest BCUT2D eigenvalue weighted by molar-refractivity contribution is -0.146. The number of rotatable bonds is 4. The van der Waals surface area contributed by atoms with Crippen LogP contribution in [0.3, 0.4) is 0 Å². The molecule has 0 aliphatic heterocycles. The molecule has 0 aliphatic rings. The molecule has 0 saturated heterocycles. The topological polar surface area (TPSA) is 26.3 Å². The normalized spacial score (nSPS) is 10.5. The van der Waals surface area contributed by atoms with Crippen LogP contribution >= 0.6 is 0 Å². The fourth-order valence-electron chi connectivity index (χ4n) is 0.571. The van der Waals surface area contributed by atoms with Crippen molar-refractivity contribution in [3.63, 3.8) is 0 Å². The first kappa shape index (κ1) is 9.95. The highest BCUT2D eigenvalue weighted by atomic mass is 16.5. The molecule has 2 heteroatoms. The van der Waals surface area contributed by atoms with Gasteiger partial charge in [-0.15, -0.1) is 0 Å². The van der Waals surface area contributed by atoms with Crippen LogP contribution in [0.25, 0.3) is 0 Å². The molecular formula is C9H14O2. The van der Waals surface area contributed by atoms with Crippen molar-refractivity contribution in [1.82, 2.24) is 0 Å². The van der Waals surface area contributed by atoms with E-state index in [1.165, 1.54) is 0 Å². The molecule has 0 radical (unpaired) electrons. The number of hydrogen-bond donors (Lipinski definition) is 0. The van der Waals surface area contributed by atoms with Crippen molar-refractivity contribution in [3.05, 3.63) is 24.8 Å². The van der Waals surface area contributed by atoms with Gasteiger partial charge in [-0.1, -0.05) is 24.8 Å². The molecule has 0 bridgehead atoms. The monoisotopic (exact) mass is 154 g/mol. The lowest BCUT2D eigenvalue weighted by atomic mass is 10.3. The van der Waals surface area contributed by atoms with Crippen LogP contribution in [0.1, 0.15) is 20.3 Å². The van der Waals surface area contributed by atoms with Gasteiger partial charge in [0.25, 0.3) is 0 Å². The van der Waals surface area contributed by atoms with E-state index < -0.39 is 0 Å². The Kier molecular flexibility index (Phi) is 5.17. The second-order valence-corrected chi connectivity index (χ2v) is 2.41. The molecule has 0 N–H and O–H groups in total. The smallest absolute Gasteiger partial charge is 0.309 e. The second kappa shape index (κ2) is 5.71. The van der Waals surface area contributed by atoms with E-state index in [-0.39, 0.29) is 12.1 Å². The van der Waals surface area contributed by atoms with Gasteiger partial charge in [-0.3, -0.25) is 4.79 Å². The standard InChI is InChI=1S/C9H14O2/c1-4-5-6-7-9(10)11-8(2)3/h4-6,8H,1,7H2,2-3H3/b6-5-. The third kappa shape index (κ3) is 6.84. The van der Waals surface area contributed by atoms with Crippen molar-refractivity contribution < 1.29 is 9.53 Å². The molecule has 0 aromatic carbocycles. The molecule has 0 amide bonds. The van der Waals surface area contributed by atoms with Gasteiger partial charge in [-0.25, -0.2) is 0 Å². The molecule has 0 aromatic rings. The fraction of sp³-hybridized carbons (Fsp3) is 0.444. The maximum Gasteiger partial charge on any atom is 0.309 e. The molecule has 0 aliphatic carbocycles. The molecule has 0 unspecified atom stereocenters. The number of hydrogen-bond acceptors (Lipinski definition) is 2. The van der Waals surface area contributed by atoms with Gasteiger partial charge in [-0.2, -0.15) is 0 Å². The van der Waals surface area contributed by atoms with Crippen LogP contribution in [0.2, 0.25) is 0 Å². The minimum absolute atomic E-state index is 0.0281. The van der Waals surface area contributed by atoms with Gasteiger partial charge >= 0.3 is 5.97 Å². The molecule has 0 fully saturated rings. The van der Waals surface area contributed by atoms with E-state index >= 15 is 0 Å². The molecule has 11 heavy (non-hydrogen) atoms. The lowest BCUT2D eigenvalue weighted by Crippen LogP contribution is -2.09. The number of esters is 1. The average molecular weight is 154 g/mol. The highest BCUT2D eigenvalue weighted by molar-refractivity contribution is 5.71. The molecule has 0 aromatic heterocycles. The minimum atomic E-state index is -0.196. The Hall–Kier alpha value is -1.05. The summed E-state index contributed by atoms with van der Waals surface area (Å²) in [5.41, 5.74) is 0.